The fourth-order valence-electron chi connectivity index (χ4n) is 3.54. The predicted molar refractivity (Wildman–Crippen MR) is 116 cm³/mol. The van der Waals surface area contributed by atoms with Gasteiger partial charge in [0.25, 0.3) is 0 Å². The molecule has 2 heterocycles. The zero-order valence-corrected chi connectivity index (χ0v) is 17.2. The molecule has 0 bridgehead atoms. The zero-order valence-electron chi connectivity index (χ0n) is 17.2. The molecule has 7 nitrogen and oxygen atoms in total. The van der Waals surface area contributed by atoms with E-state index in [1.54, 1.807) is 28.9 Å². The molecule has 0 saturated carbocycles. The Morgan fingerprint density at radius 1 is 1.13 bits per heavy atom. The average molecular weight is 419 g/mol. The Morgan fingerprint density at radius 3 is 2.71 bits per heavy atom. The van der Waals surface area contributed by atoms with E-state index in [9.17, 15) is 14.0 Å². The Bertz CT molecular complexity index is 1310. The molecule has 0 spiro atoms. The number of hydrogen-bond acceptors (Lipinski definition) is 4. The van der Waals surface area contributed by atoms with Crippen LogP contribution in [0.15, 0.2) is 65.7 Å². The normalized spacial score (nSPS) is 12.1. The Kier molecular flexibility index (Phi) is 5.62. The topological polar surface area (TPSA) is 81.3 Å². The lowest BCUT2D eigenvalue weighted by Gasteiger charge is -2.11. The lowest BCUT2D eigenvalue weighted by atomic mass is 10.0. The molecule has 0 radical (unpaired) electrons. The first-order chi connectivity index (χ1) is 14.9. The van der Waals surface area contributed by atoms with Gasteiger partial charge < -0.3 is 5.32 Å². The Balaban J connectivity index is 1.49. The maximum atomic E-state index is 13.5. The van der Waals surface area contributed by atoms with Gasteiger partial charge in [0.2, 0.25) is 11.6 Å². The summed E-state index contributed by atoms with van der Waals surface area (Å²) in [5.41, 5.74) is 2.01. The highest BCUT2D eigenvalue weighted by Gasteiger charge is 2.16. The van der Waals surface area contributed by atoms with Crippen LogP contribution in [0.5, 0.6) is 0 Å². The molecule has 0 saturated heterocycles. The standard InChI is InChI=1S/C23H22FN5O2/c1-15-5-3-7-18(11-15)25-21(30)13-16(2)12-20-26-27-22-23(31)28(9-10-29(20)22)19-8-4-6-17(24)14-19/h3-11,14,16H,12-13H2,1-2H3,(H,25,30)/t16-/m0/s1. The first-order valence-electron chi connectivity index (χ1n) is 9.98. The fraction of sp³-hybridized carbons (Fsp3) is 0.217. The summed E-state index contributed by atoms with van der Waals surface area (Å²) < 4.78 is 16.5. The number of benzene rings is 2. The van der Waals surface area contributed by atoms with Gasteiger partial charge in [0.05, 0.1) is 5.69 Å². The second kappa shape index (κ2) is 8.51. The molecule has 0 aliphatic carbocycles. The van der Waals surface area contributed by atoms with Crippen LogP contribution in [0.25, 0.3) is 11.3 Å². The number of anilines is 1. The molecule has 8 heteroatoms. The van der Waals surface area contributed by atoms with Gasteiger partial charge in [0.1, 0.15) is 11.6 Å². The van der Waals surface area contributed by atoms with Crippen molar-refractivity contribution >= 4 is 17.2 Å². The summed E-state index contributed by atoms with van der Waals surface area (Å²) in [6, 6.07) is 13.4. The number of hydrogen-bond donors (Lipinski definition) is 1. The summed E-state index contributed by atoms with van der Waals surface area (Å²) >= 11 is 0. The fourth-order valence-corrected chi connectivity index (χ4v) is 3.54. The van der Waals surface area contributed by atoms with Crippen molar-refractivity contribution in [3.8, 4) is 5.69 Å². The van der Waals surface area contributed by atoms with E-state index in [0.29, 0.717) is 24.4 Å². The summed E-state index contributed by atoms with van der Waals surface area (Å²) in [5.74, 6) is 0.0711. The highest BCUT2D eigenvalue weighted by atomic mass is 19.1. The lowest BCUT2D eigenvalue weighted by molar-refractivity contribution is -0.116. The second-order valence-electron chi connectivity index (χ2n) is 7.69. The summed E-state index contributed by atoms with van der Waals surface area (Å²) in [6.45, 7) is 3.92. The number of fused-ring (bicyclic) bond motifs is 1. The molecule has 2 aromatic carbocycles. The van der Waals surface area contributed by atoms with Crippen molar-refractivity contribution in [3.63, 3.8) is 0 Å². The SMILES string of the molecule is Cc1cccc(NC(=O)C[C@@H](C)Cc2nnc3c(=O)n(-c4cccc(F)c4)ccn23)c1. The van der Waals surface area contributed by atoms with E-state index in [1.165, 1.54) is 16.7 Å². The molecule has 0 aliphatic heterocycles. The predicted octanol–water partition coefficient (Wildman–Crippen LogP) is 3.54. The highest BCUT2D eigenvalue weighted by Crippen LogP contribution is 2.15. The molecule has 31 heavy (non-hydrogen) atoms. The third-order valence-corrected chi connectivity index (χ3v) is 4.99. The van der Waals surface area contributed by atoms with Crippen LogP contribution in [0, 0.1) is 18.7 Å². The van der Waals surface area contributed by atoms with E-state index in [2.05, 4.69) is 15.5 Å². The van der Waals surface area contributed by atoms with Gasteiger partial charge in [-0.25, -0.2) is 4.39 Å². The van der Waals surface area contributed by atoms with Crippen molar-refractivity contribution in [3.05, 3.63) is 88.5 Å². The summed E-state index contributed by atoms with van der Waals surface area (Å²) in [4.78, 5) is 25.2. The van der Waals surface area contributed by atoms with Crippen LogP contribution < -0.4 is 10.9 Å². The maximum Gasteiger partial charge on any atom is 0.300 e. The molecule has 1 amide bonds. The number of amides is 1. The van der Waals surface area contributed by atoms with Crippen LogP contribution in [-0.2, 0) is 11.2 Å². The molecular weight excluding hydrogens is 397 g/mol. The third-order valence-electron chi connectivity index (χ3n) is 4.99. The van der Waals surface area contributed by atoms with Crippen molar-refractivity contribution in [2.45, 2.75) is 26.7 Å². The molecule has 0 aliphatic rings. The number of aromatic nitrogens is 4. The van der Waals surface area contributed by atoms with Gasteiger partial charge in [0.15, 0.2) is 0 Å². The number of halogens is 1. The van der Waals surface area contributed by atoms with E-state index < -0.39 is 11.4 Å². The summed E-state index contributed by atoms with van der Waals surface area (Å²) in [7, 11) is 0. The molecule has 158 valence electrons. The largest absolute Gasteiger partial charge is 0.326 e. The van der Waals surface area contributed by atoms with Crippen molar-refractivity contribution in [2.75, 3.05) is 5.32 Å². The molecule has 0 fully saturated rings. The van der Waals surface area contributed by atoms with Gasteiger partial charge >= 0.3 is 5.56 Å². The first kappa shape index (κ1) is 20.5. The second-order valence-corrected chi connectivity index (χ2v) is 7.69. The molecule has 1 atom stereocenters. The number of carbonyl (C=O) groups is 1. The van der Waals surface area contributed by atoms with Crippen LogP contribution in [0.4, 0.5) is 10.1 Å². The minimum Gasteiger partial charge on any atom is -0.326 e. The van der Waals surface area contributed by atoms with Crippen LogP contribution in [-0.4, -0.2) is 25.1 Å². The Morgan fingerprint density at radius 2 is 1.94 bits per heavy atom. The van der Waals surface area contributed by atoms with E-state index in [-0.39, 0.29) is 17.5 Å². The molecule has 4 rings (SSSR count). The van der Waals surface area contributed by atoms with Gasteiger partial charge in [-0.3, -0.25) is 18.6 Å². The van der Waals surface area contributed by atoms with Gasteiger partial charge in [0, 0.05) is 30.9 Å². The van der Waals surface area contributed by atoms with Crippen molar-refractivity contribution < 1.29 is 9.18 Å². The smallest absolute Gasteiger partial charge is 0.300 e. The van der Waals surface area contributed by atoms with E-state index in [4.69, 9.17) is 0 Å². The lowest BCUT2D eigenvalue weighted by Crippen LogP contribution is -2.21. The minimum absolute atomic E-state index is 0.0112. The number of rotatable bonds is 6. The van der Waals surface area contributed by atoms with Crippen molar-refractivity contribution in [1.82, 2.24) is 19.2 Å². The van der Waals surface area contributed by atoms with Crippen LogP contribution >= 0.6 is 0 Å². The van der Waals surface area contributed by atoms with Crippen molar-refractivity contribution in [1.29, 1.82) is 0 Å². The minimum atomic E-state index is -0.427. The monoisotopic (exact) mass is 419 g/mol. The maximum absolute atomic E-state index is 13.5. The molecule has 1 N–H and O–H groups in total. The highest BCUT2D eigenvalue weighted by molar-refractivity contribution is 5.90. The number of nitrogens with zero attached hydrogens (tertiary/aromatic N) is 4. The zero-order chi connectivity index (χ0) is 22.0. The van der Waals surface area contributed by atoms with Crippen LogP contribution in [0.2, 0.25) is 0 Å². The number of carbonyl (C=O) groups excluding carboxylic acids is 1. The van der Waals surface area contributed by atoms with E-state index in [0.717, 1.165) is 11.3 Å². The average Bonchev–Trinajstić information content (AvgIpc) is 3.11. The van der Waals surface area contributed by atoms with Crippen molar-refractivity contribution in [2.24, 2.45) is 5.92 Å². The molecule has 4 aromatic rings. The molecule has 0 unspecified atom stereocenters. The summed E-state index contributed by atoms with van der Waals surface area (Å²) in [6.07, 6.45) is 4.03. The number of nitrogens with one attached hydrogen (secondary N) is 1. The Labute approximate surface area is 178 Å². The van der Waals surface area contributed by atoms with Gasteiger partial charge in [-0.1, -0.05) is 25.1 Å². The van der Waals surface area contributed by atoms with Gasteiger partial charge in [-0.15, -0.1) is 10.2 Å². The van der Waals surface area contributed by atoms with E-state index in [1.807, 2.05) is 38.1 Å². The molecular formula is C23H22FN5O2. The number of aryl methyl sites for hydroxylation is 1. The van der Waals surface area contributed by atoms with Crippen LogP contribution in [0.1, 0.15) is 24.7 Å². The third kappa shape index (κ3) is 4.53. The van der Waals surface area contributed by atoms with Gasteiger partial charge in [-0.05, 0) is 48.7 Å². The van der Waals surface area contributed by atoms with E-state index >= 15 is 0 Å². The molecule has 2 aromatic heterocycles. The first-order valence-corrected chi connectivity index (χ1v) is 9.98. The van der Waals surface area contributed by atoms with Crippen LogP contribution in [0.3, 0.4) is 0 Å². The Hall–Kier alpha value is -3.81. The quantitative estimate of drug-likeness (QED) is 0.518. The van der Waals surface area contributed by atoms with Gasteiger partial charge in [-0.2, -0.15) is 0 Å². The summed E-state index contributed by atoms with van der Waals surface area (Å²) in [5, 5.41) is 11.1.